The van der Waals surface area contributed by atoms with E-state index in [2.05, 4.69) is 21.2 Å². The number of dihydropyridines is 1. The summed E-state index contributed by atoms with van der Waals surface area (Å²) in [7, 11) is 6.30. The van der Waals surface area contributed by atoms with E-state index in [0.29, 0.717) is 57.2 Å². The molecule has 2 aliphatic rings. The van der Waals surface area contributed by atoms with Gasteiger partial charge in [-0.15, -0.1) is 0 Å². The van der Waals surface area contributed by atoms with Gasteiger partial charge in [0.15, 0.2) is 28.8 Å². The fourth-order valence-corrected chi connectivity index (χ4v) is 6.04. The van der Waals surface area contributed by atoms with Crippen molar-refractivity contribution in [3.05, 3.63) is 68.5 Å². The van der Waals surface area contributed by atoms with Crippen LogP contribution in [0.25, 0.3) is 0 Å². The molecule has 0 radical (unpaired) electrons. The van der Waals surface area contributed by atoms with E-state index >= 15 is 0 Å². The number of Topliss-reactive ketones (excluding diaryl/α,β-unsaturated/α-hetero) is 1. The molecule has 0 bridgehead atoms. The first-order valence-electron chi connectivity index (χ1n) is 13.3. The fourth-order valence-electron chi connectivity index (χ4n) is 5.42. The highest BCUT2D eigenvalue weighted by atomic mass is 79.9. The Hall–Kier alpha value is -3.46. The number of hydrogen-bond acceptors (Lipinski definition) is 8. The lowest BCUT2D eigenvalue weighted by atomic mass is 9.71. The third kappa shape index (κ3) is 5.57. The second kappa shape index (κ2) is 12.4. The lowest BCUT2D eigenvalue weighted by molar-refractivity contribution is -0.144. The van der Waals surface area contributed by atoms with Crippen molar-refractivity contribution in [1.29, 1.82) is 0 Å². The van der Waals surface area contributed by atoms with E-state index in [-0.39, 0.29) is 24.2 Å². The molecule has 3 atom stereocenters. The van der Waals surface area contributed by atoms with Crippen LogP contribution < -0.4 is 24.3 Å². The number of allylic oxidation sites excluding steroid dienone is 3. The van der Waals surface area contributed by atoms with E-state index < -0.39 is 11.9 Å². The molecule has 4 rings (SSSR count). The number of hydrogen-bond donors (Lipinski definition) is 1. The average Bonchev–Trinajstić information content (AvgIpc) is 2.95. The van der Waals surface area contributed by atoms with Crippen LogP contribution in [-0.4, -0.2) is 46.3 Å². The minimum Gasteiger partial charge on any atom is -0.493 e. The van der Waals surface area contributed by atoms with Gasteiger partial charge in [-0.25, -0.2) is 4.79 Å². The largest absolute Gasteiger partial charge is 0.493 e. The Morgan fingerprint density at radius 2 is 1.65 bits per heavy atom. The standard InChI is InChI=1S/C31H36BrNO7/c1-8-16(2)40-31(35)27-17(3)33-22-12-19(18-9-10-24(36-4)25(14-18)37-5)13-23(34)29(22)28(27)20-11-21(32)30(39-7)26(15-20)38-6/h9-11,14-16,19,28,33H,8,12-13H2,1-7H3/t16-,19-,28+/m0/s1. The summed E-state index contributed by atoms with van der Waals surface area (Å²) in [5, 5.41) is 3.40. The number of esters is 1. The third-order valence-electron chi connectivity index (χ3n) is 7.60. The Balaban J connectivity index is 1.84. The number of ether oxygens (including phenoxy) is 5. The predicted molar refractivity (Wildman–Crippen MR) is 155 cm³/mol. The molecule has 1 N–H and O–H groups in total. The van der Waals surface area contributed by atoms with Crippen LogP contribution in [0.15, 0.2) is 57.3 Å². The summed E-state index contributed by atoms with van der Waals surface area (Å²) >= 11 is 3.58. The fraction of sp³-hybridized carbons (Fsp3) is 0.419. The van der Waals surface area contributed by atoms with Crippen molar-refractivity contribution in [3.63, 3.8) is 0 Å². The van der Waals surface area contributed by atoms with Gasteiger partial charge in [0.1, 0.15) is 0 Å². The zero-order valence-corrected chi connectivity index (χ0v) is 25.6. The zero-order chi connectivity index (χ0) is 29.1. The third-order valence-corrected chi connectivity index (χ3v) is 8.19. The van der Waals surface area contributed by atoms with E-state index in [4.69, 9.17) is 23.7 Å². The minimum absolute atomic E-state index is 0.0363. The second-order valence-corrected chi connectivity index (χ2v) is 10.8. The van der Waals surface area contributed by atoms with Crippen LogP contribution in [-0.2, 0) is 14.3 Å². The highest BCUT2D eigenvalue weighted by Crippen LogP contribution is 2.49. The maximum atomic E-state index is 14.0. The van der Waals surface area contributed by atoms with E-state index in [1.807, 2.05) is 51.1 Å². The van der Waals surface area contributed by atoms with Gasteiger partial charge in [0.25, 0.3) is 0 Å². The summed E-state index contributed by atoms with van der Waals surface area (Å²) in [6.45, 7) is 5.67. The SMILES string of the molecule is CC[C@H](C)OC(=O)C1=C(C)NC2=C(C(=O)C[C@@H](c3ccc(OC)c(OC)c3)C2)[C@@H]1c1cc(Br)c(OC)c(OC)c1. The van der Waals surface area contributed by atoms with Gasteiger partial charge in [-0.1, -0.05) is 13.0 Å². The Bertz CT molecular complexity index is 1380. The van der Waals surface area contributed by atoms with Crippen molar-refractivity contribution in [2.45, 2.75) is 58.0 Å². The molecular formula is C31H36BrNO7. The first-order chi connectivity index (χ1) is 19.2. The number of carbonyl (C=O) groups excluding carboxylic acids is 2. The lowest BCUT2D eigenvalue weighted by Crippen LogP contribution is -2.36. The summed E-state index contributed by atoms with van der Waals surface area (Å²) in [4.78, 5) is 27.6. The summed E-state index contributed by atoms with van der Waals surface area (Å²) < 4.78 is 28.4. The molecule has 2 aromatic carbocycles. The van der Waals surface area contributed by atoms with Crippen LogP contribution >= 0.6 is 15.9 Å². The van der Waals surface area contributed by atoms with Crippen molar-refractivity contribution >= 4 is 27.7 Å². The molecular weight excluding hydrogens is 578 g/mol. The Morgan fingerprint density at radius 1 is 0.975 bits per heavy atom. The minimum atomic E-state index is -0.636. The van der Waals surface area contributed by atoms with Crippen LogP contribution in [0, 0.1) is 0 Å². The van der Waals surface area contributed by atoms with Crippen LogP contribution in [0.4, 0.5) is 0 Å². The number of ketones is 1. The second-order valence-electron chi connectivity index (χ2n) is 9.99. The van der Waals surface area contributed by atoms with Crippen LogP contribution in [0.2, 0.25) is 0 Å². The zero-order valence-electron chi connectivity index (χ0n) is 24.0. The number of carbonyl (C=O) groups is 2. The molecule has 1 heterocycles. The van der Waals surface area contributed by atoms with Crippen LogP contribution in [0.5, 0.6) is 23.0 Å². The van der Waals surface area contributed by atoms with Gasteiger partial charge in [-0.2, -0.15) is 0 Å². The van der Waals surface area contributed by atoms with E-state index in [9.17, 15) is 9.59 Å². The highest BCUT2D eigenvalue weighted by Gasteiger charge is 2.42. The van der Waals surface area contributed by atoms with Crippen LogP contribution in [0.3, 0.4) is 0 Å². The summed E-state index contributed by atoms with van der Waals surface area (Å²) in [6.07, 6.45) is 1.29. The molecule has 1 aliphatic carbocycles. The quantitative estimate of drug-likeness (QED) is 0.335. The molecule has 0 spiro atoms. The normalized spacial score (nSPS) is 19.4. The Kier molecular flexibility index (Phi) is 9.13. The molecule has 214 valence electrons. The Morgan fingerprint density at radius 3 is 2.27 bits per heavy atom. The Labute approximate surface area is 243 Å². The van der Waals surface area contributed by atoms with Gasteiger partial charge >= 0.3 is 5.97 Å². The number of halogens is 1. The van der Waals surface area contributed by atoms with Crippen molar-refractivity contribution in [2.24, 2.45) is 0 Å². The van der Waals surface area contributed by atoms with Gasteiger partial charge in [0.05, 0.1) is 44.6 Å². The molecule has 1 aliphatic heterocycles. The first-order valence-corrected chi connectivity index (χ1v) is 14.0. The van der Waals surface area contributed by atoms with Gasteiger partial charge < -0.3 is 29.0 Å². The number of methoxy groups -OCH3 is 4. The molecule has 0 aromatic heterocycles. The van der Waals surface area contributed by atoms with Crippen molar-refractivity contribution in [3.8, 4) is 23.0 Å². The smallest absolute Gasteiger partial charge is 0.337 e. The summed E-state index contributed by atoms with van der Waals surface area (Å²) in [5.41, 5.74) is 4.14. The maximum absolute atomic E-state index is 14.0. The highest BCUT2D eigenvalue weighted by molar-refractivity contribution is 9.10. The van der Waals surface area contributed by atoms with Gasteiger partial charge in [0.2, 0.25) is 0 Å². The molecule has 0 amide bonds. The number of rotatable bonds is 9. The molecule has 9 heteroatoms. The molecule has 0 unspecified atom stereocenters. The molecule has 8 nitrogen and oxygen atoms in total. The monoisotopic (exact) mass is 613 g/mol. The lowest BCUT2D eigenvalue weighted by Gasteiger charge is -2.37. The molecule has 0 fully saturated rings. The van der Waals surface area contributed by atoms with Gasteiger partial charge in [0, 0.05) is 29.3 Å². The topological polar surface area (TPSA) is 92.3 Å². The first kappa shape index (κ1) is 29.5. The van der Waals surface area contributed by atoms with Gasteiger partial charge in [-0.3, -0.25) is 4.79 Å². The van der Waals surface area contributed by atoms with Crippen molar-refractivity contribution < 1.29 is 33.3 Å². The summed E-state index contributed by atoms with van der Waals surface area (Å²) in [6, 6.07) is 9.44. The van der Waals surface area contributed by atoms with Crippen molar-refractivity contribution in [1.82, 2.24) is 5.32 Å². The number of benzene rings is 2. The predicted octanol–water partition coefficient (Wildman–Crippen LogP) is 6.19. The van der Waals surface area contributed by atoms with Crippen LogP contribution in [0.1, 0.15) is 63.0 Å². The van der Waals surface area contributed by atoms with E-state index in [1.54, 1.807) is 28.4 Å². The van der Waals surface area contributed by atoms with Crippen molar-refractivity contribution in [2.75, 3.05) is 28.4 Å². The van der Waals surface area contributed by atoms with E-state index in [1.165, 1.54) is 0 Å². The maximum Gasteiger partial charge on any atom is 0.337 e. The molecule has 0 saturated heterocycles. The van der Waals surface area contributed by atoms with E-state index in [0.717, 1.165) is 16.8 Å². The number of nitrogens with one attached hydrogen (secondary N) is 1. The molecule has 2 aromatic rings. The average molecular weight is 615 g/mol. The van der Waals surface area contributed by atoms with Gasteiger partial charge in [-0.05, 0) is 83.9 Å². The molecule has 40 heavy (non-hydrogen) atoms. The molecule has 0 saturated carbocycles. The summed E-state index contributed by atoms with van der Waals surface area (Å²) in [5.74, 6) is 1.08.